The zero-order valence-corrected chi connectivity index (χ0v) is 11.2. The SMILES string of the molecule is C=C(C)[C@@H]1CC2CCCCC2(C)CN1.CN. The summed E-state index contributed by atoms with van der Waals surface area (Å²) in [5, 5.41) is 3.66. The highest BCUT2D eigenvalue weighted by molar-refractivity contribution is 5.07. The van der Waals surface area contributed by atoms with Gasteiger partial charge in [-0.05, 0) is 44.6 Å². The summed E-state index contributed by atoms with van der Waals surface area (Å²) in [5.74, 6) is 0.944. The van der Waals surface area contributed by atoms with E-state index in [1.165, 1.54) is 51.3 Å². The third kappa shape index (κ3) is 2.86. The summed E-state index contributed by atoms with van der Waals surface area (Å²) in [7, 11) is 1.50. The highest BCUT2D eigenvalue weighted by atomic mass is 14.9. The minimum absolute atomic E-state index is 0.588. The number of rotatable bonds is 1. The van der Waals surface area contributed by atoms with E-state index in [1.54, 1.807) is 0 Å². The predicted octanol–water partition coefficient (Wildman–Crippen LogP) is 2.70. The Kier molecular flexibility index (Phi) is 5.00. The minimum Gasteiger partial charge on any atom is -0.333 e. The van der Waals surface area contributed by atoms with Crippen molar-refractivity contribution < 1.29 is 0 Å². The maximum absolute atomic E-state index is 4.50. The number of piperidine rings is 1. The van der Waals surface area contributed by atoms with E-state index in [-0.39, 0.29) is 0 Å². The Morgan fingerprint density at radius 3 is 2.69 bits per heavy atom. The molecule has 2 fully saturated rings. The van der Waals surface area contributed by atoms with Gasteiger partial charge in [0, 0.05) is 12.6 Å². The molecule has 3 N–H and O–H groups in total. The van der Waals surface area contributed by atoms with Crippen LogP contribution in [-0.2, 0) is 0 Å². The molecule has 1 heterocycles. The fourth-order valence-corrected chi connectivity index (χ4v) is 3.21. The highest BCUT2D eigenvalue weighted by Gasteiger charge is 2.40. The van der Waals surface area contributed by atoms with Gasteiger partial charge in [0.15, 0.2) is 0 Å². The zero-order chi connectivity index (χ0) is 12.2. The van der Waals surface area contributed by atoms with Gasteiger partial charge in [0.25, 0.3) is 0 Å². The van der Waals surface area contributed by atoms with E-state index in [0.717, 1.165) is 5.92 Å². The van der Waals surface area contributed by atoms with Crippen LogP contribution in [0.1, 0.15) is 46.0 Å². The molecule has 0 aromatic carbocycles. The first-order chi connectivity index (χ1) is 7.62. The molecule has 3 atom stereocenters. The van der Waals surface area contributed by atoms with E-state index in [1.807, 2.05) is 0 Å². The molecule has 1 saturated carbocycles. The van der Waals surface area contributed by atoms with Crippen LogP contribution < -0.4 is 11.1 Å². The predicted molar refractivity (Wildman–Crippen MR) is 71.4 cm³/mol. The monoisotopic (exact) mass is 224 g/mol. The average Bonchev–Trinajstić information content (AvgIpc) is 2.30. The van der Waals surface area contributed by atoms with E-state index < -0.39 is 0 Å². The smallest absolute Gasteiger partial charge is 0.0277 e. The number of nitrogens with two attached hydrogens (primary N) is 1. The Morgan fingerprint density at radius 1 is 1.38 bits per heavy atom. The van der Waals surface area contributed by atoms with E-state index in [9.17, 15) is 0 Å². The van der Waals surface area contributed by atoms with Crippen LogP contribution in [0.15, 0.2) is 12.2 Å². The maximum Gasteiger partial charge on any atom is 0.0277 e. The fraction of sp³-hybridized carbons (Fsp3) is 0.857. The van der Waals surface area contributed by atoms with Crippen molar-refractivity contribution in [3.8, 4) is 0 Å². The fourth-order valence-electron chi connectivity index (χ4n) is 3.21. The third-order valence-electron chi connectivity index (χ3n) is 4.40. The quantitative estimate of drug-likeness (QED) is 0.672. The molecule has 0 aromatic rings. The minimum atomic E-state index is 0.588. The molecule has 0 spiro atoms. The molecule has 0 bridgehead atoms. The number of fused-ring (bicyclic) bond motifs is 1. The van der Waals surface area contributed by atoms with Gasteiger partial charge in [-0.15, -0.1) is 0 Å². The summed E-state index contributed by atoms with van der Waals surface area (Å²) >= 11 is 0. The van der Waals surface area contributed by atoms with Gasteiger partial charge in [0.05, 0.1) is 0 Å². The highest BCUT2D eigenvalue weighted by Crippen LogP contribution is 2.45. The van der Waals surface area contributed by atoms with Crippen LogP contribution in [0, 0.1) is 11.3 Å². The topological polar surface area (TPSA) is 38.0 Å². The molecule has 1 saturated heterocycles. The third-order valence-corrected chi connectivity index (χ3v) is 4.40. The summed E-state index contributed by atoms with van der Waals surface area (Å²) in [6, 6.07) is 0.589. The molecule has 16 heavy (non-hydrogen) atoms. The first kappa shape index (κ1) is 13.7. The zero-order valence-electron chi connectivity index (χ0n) is 11.2. The Labute approximate surface area is 101 Å². The van der Waals surface area contributed by atoms with E-state index in [4.69, 9.17) is 0 Å². The second kappa shape index (κ2) is 5.83. The lowest BCUT2D eigenvalue weighted by Gasteiger charge is -2.48. The van der Waals surface area contributed by atoms with Gasteiger partial charge in [-0.3, -0.25) is 0 Å². The lowest BCUT2D eigenvalue weighted by atomic mass is 9.63. The number of nitrogens with one attached hydrogen (secondary N) is 1. The van der Waals surface area contributed by atoms with Crippen molar-refractivity contribution in [2.45, 2.75) is 52.0 Å². The second-order valence-corrected chi connectivity index (χ2v) is 5.61. The van der Waals surface area contributed by atoms with Gasteiger partial charge in [-0.2, -0.15) is 0 Å². The molecule has 1 aliphatic heterocycles. The van der Waals surface area contributed by atoms with Gasteiger partial charge in [-0.1, -0.05) is 31.9 Å². The van der Waals surface area contributed by atoms with Crippen LogP contribution in [0.5, 0.6) is 0 Å². The van der Waals surface area contributed by atoms with Crippen molar-refractivity contribution in [1.29, 1.82) is 0 Å². The summed E-state index contributed by atoms with van der Waals surface area (Å²) < 4.78 is 0. The first-order valence-electron chi connectivity index (χ1n) is 6.58. The van der Waals surface area contributed by atoms with Crippen LogP contribution in [0.2, 0.25) is 0 Å². The summed E-state index contributed by atoms with van der Waals surface area (Å²) in [6.07, 6.45) is 7.08. The van der Waals surface area contributed by atoms with Crippen molar-refractivity contribution in [2.24, 2.45) is 17.1 Å². The molecule has 2 heteroatoms. The molecule has 2 rings (SSSR count). The standard InChI is InChI=1S/C13H23N.CH5N/c1-10(2)12-8-11-6-4-5-7-13(11,3)9-14-12;1-2/h11-12,14H,1,4-9H2,2-3H3;2H2,1H3/t11?,12-,13?;/m0./s1. The van der Waals surface area contributed by atoms with Gasteiger partial charge < -0.3 is 11.1 Å². The molecule has 0 aromatic heterocycles. The molecule has 1 aliphatic carbocycles. The van der Waals surface area contributed by atoms with Crippen molar-refractivity contribution in [3.63, 3.8) is 0 Å². The largest absolute Gasteiger partial charge is 0.333 e. The van der Waals surface area contributed by atoms with Crippen molar-refractivity contribution in [2.75, 3.05) is 13.6 Å². The molecule has 94 valence electrons. The van der Waals surface area contributed by atoms with Crippen LogP contribution in [0.3, 0.4) is 0 Å². The molecular weight excluding hydrogens is 196 g/mol. The molecule has 2 nitrogen and oxygen atoms in total. The molecule has 0 radical (unpaired) electrons. The molecule has 2 unspecified atom stereocenters. The van der Waals surface area contributed by atoms with Crippen LogP contribution in [-0.4, -0.2) is 19.6 Å². The van der Waals surface area contributed by atoms with Crippen LogP contribution in [0.25, 0.3) is 0 Å². The molecular formula is C14H28N2. The van der Waals surface area contributed by atoms with Crippen LogP contribution >= 0.6 is 0 Å². The van der Waals surface area contributed by atoms with Crippen molar-refractivity contribution in [3.05, 3.63) is 12.2 Å². The average molecular weight is 224 g/mol. The van der Waals surface area contributed by atoms with E-state index in [2.05, 4.69) is 31.5 Å². The van der Waals surface area contributed by atoms with Gasteiger partial charge in [-0.25, -0.2) is 0 Å². The lowest BCUT2D eigenvalue weighted by molar-refractivity contribution is 0.0653. The summed E-state index contributed by atoms with van der Waals surface area (Å²) in [6.45, 7) is 9.91. The van der Waals surface area contributed by atoms with E-state index in [0.29, 0.717) is 11.5 Å². The number of hydrogen-bond acceptors (Lipinski definition) is 2. The van der Waals surface area contributed by atoms with Gasteiger partial charge >= 0.3 is 0 Å². The van der Waals surface area contributed by atoms with Gasteiger partial charge in [0.1, 0.15) is 0 Å². The van der Waals surface area contributed by atoms with Crippen molar-refractivity contribution in [1.82, 2.24) is 5.32 Å². The Hall–Kier alpha value is -0.340. The summed E-state index contributed by atoms with van der Waals surface area (Å²) in [5.41, 5.74) is 6.40. The summed E-state index contributed by atoms with van der Waals surface area (Å²) in [4.78, 5) is 0. The number of hydrogen-bond donors (Lipinski definition) is 2. The maximum atomic E-state index is 4.50. The normalized spacial score (nSPS) is 38.0. The van der Waals surface area contributed by atoms with Crippen molar-refractivity contribution >= 4 is 0 Å². The Morgan fingerprint density at radius 2 is 2.06 bits per heavy atom. The second-order valence-electron chi connectivity index (χ2n) is 5.61. The first-order valence-corrected chi connectivity index (χ1v) is 6.58. The lowest BCUT2D eigenvalue weighted by Crippen LogP contribution is -2.51. The van der Waals surface area contributed by atoms with Crippen LogP contribution in [0.4, 0.5) is 0 Å². The molecule has 2 aliphatic rings. The van der Waals surface area contributed by atoms with Gasteiger partial charge in [0.2, 0.25) is 0 Å². The molecule has 0 amide bonds. The van der Waals surface area contributed by atoms with E-state index >= 15 is 0 Å². The Balaban J connectivity index is 0.000000606. The Bertz CT molecular complexity index is 237.